The van der Waals surface area contributed by atoms with Crippen molar-refractivity contribution in [3.8, 4) is 0 Å². The Morgan fingerprint density at radius 1 is 1.33 bits per heavy atom. The van der Waals surface area contributed by atoms with Gasteiger partial charge in [0.2, 0.25) is 0 Å². The fraction of sp³-hybridized carbons (Fsp3) is 0.647. The Bertz CT molecular complexity index is 526. The highest BCUT2D eigenvalue weighted by molar-refractivity contribution is 5.71. The molecule has 2 rings (SSSR count). The average Bonchev–Trinajstić information content (AvgIpc) is 3.08. The van der Waals surface area contributed by atoms with Crippen molar-refractivity contribution in [2.24, 2.45) is 0 Å². The normalized spacial score (nSPS) is 24.2. The monoisotopic (exact) mass is 338 g/mol. The number of hydrogen-bond donors (Lipinski definition) is 0. The van der Waals surface area contributed by atoms with Gasteiger partial charge in [-0.15, -0.1) is 0 Å². The number of rotatable bonds is 3. The van der Waals surface area contributed by atoms with E-state index in [9.17, 15) is 9.59 Å². The fourth-order valence-electron chi connectivity index (χ4n) is 2.82. The Morgan fingerprint density at radius 3 is 2.67 bits per heavy atom. The molecule has 0 radical (unpaired) electrons. The molecule has 0 aromatic carbocycles. The lowest BCUT2D eigenvalue weighted by Crippen LogP contribution is -2.51. The molecule has 0 bridgehead atoms. The largest absolute Gasteiger partial charge is 0.445 e. The highest BCUT2D eigenvalue weighted by Gasteiger charge is 2.45. The van der Waals surface area contributed by atoms with E-state index in [2.05, 4.69) is 13.2 Å². The summed E-state index contributed by atoms with van der Waals surface area (Å²) in [7, 11) is 0. The van der Waals surface area contributed by atoms with E-state index in [0.29, 0.717) is 26.1 Å². The SMILES string of the molecule is C=CCOC(=O)N1CCOC1[C@@H]1CC(=C)CN1C(=O)OC(C)(C)C. The van der Waals surface area contributed by atoms with Gasteiger partial charge in [-0.2, -0.15) is 0 Å². The van der Waals surface area contributed by atoms with Crippen molar-refractivity contribution in [3.05, 3.63) is 24.8 Å². The molecule has 2 aliphatic rings. The number of likely N-dealkylation sites (tertiary alicyclic amines) is 1. The first-order valence-corrected chi connectivity index (χ1v) is 8.05. The number of ether oxygens (including phenoxy) is 3. The van der Waals surface area contributed by atoms with E-state index in [1.807, 2.05) is 20.8 Å². The first-order valence-electron chi connectivity index (χ1n) is 8.05. The Labute approximate surface area is 142 Å². The van der Waals surface area contributed by atoms with Crippen molar-refractivity contribution in [2.75, 3.05) is 26.3 Å². The van der Waals surface area contributed by atoms with Crippen LogP contribution >= 0.6 is 0 Å². The molecule has 0 aliphatic carbocycles. The van der Waals surface area contributed by atoms with Gasteiger partial charge in [0.25, 0.3) is 0 Å². The van der Waals surface area contributed by atoms with Crippen LogP contribution in [0, 0.1) is 0 Å². The highest BCUT2D eigenvalue weighted by Crippen LogP contribution is 2.30. The predicted octanol–water partition coefficient (Wildman–Crippen LogP) is 2.53. The number of nitrogens with zero attached hydrogens (tertiary/aromatic N) is 2. The molecule has 1 unspecified atom stereocenters. The molecule has 2 amide bonds. The molecule has 0 aromatic rings. The highest BCUT2D eigenvalue weighted by atomic mass is 16.6. The second kappa shape index (κ2) is 7.25. The van der Waals surface area contributed by atoms with Crippen LogP contribution in [0.3, 0.4) is 0 Å². The minimum atomic E-state index is -0.593. The van der Waals surface area contributed by atoms with Gasteiger partial charge in [-0.3, -0.25) is 9.80 Å². The third-order valence-electron chi connectivity index (χ3n) is 3.74. The lowest BCUT2D eigenvalue weighted by atomic mass is 10.1. The van der Waals surface area contributed by atoms with E-state index >= 15 is 0 Å². The summed E-state index contributed by atoms with van der Waals surface area (Å²) in [5, 5.41) is 0. The topological polar surface area (TPSA) is 68.3 Å². The molecule has 0 saturated carbocycles. The number of amides is 2. The van der Waals surface area contributed by atoms with Crippen LogP contribution < -0.4 is 0 Å². The number of hydrogen-bond acceptors (Lipinski definition) is 5. The van der Waals surface area contributed by atoms with Gasteiger partial charge in [0.15, 0.2) is 6.23 Å². The summed E-state index contributed by atoms with van der Waals surface area (Å²) in [5.74, 6) is 0. The van der Waals surface area contributed by atoms with Crippen LogP contribution in [0.2, 0.25) is 0 Å². The third kappa shape index (κ3) is 4.29. The quantitative estimate of drug-likeness (QED) is 0.740. The lowest BCUT2D eigenvalue weighted by Gasteiger charge is -2.33. The zero-order valence-corrected chi connectivity index (χ0v) is 14.6. The van der Waals surface area contributed by atoms with Crippen molar-refractivity contribution >= 4 is 12.2 Å². The smallest absolute Gasteiger partial charge is 0.412 e. The van der Waals surface area contributed by atoms with Gasteiger partial charge in [-0.1, -0.05) is 24.8 Å². The maximum absolute atomic E-state index is 12.5. The predicted molar refractivity (Wildman–Crippen MR) is 88.5 cm³/mol. The van der Waals surface area contributed by atoms with Crippen molar-refractivity contribution in [1.29, 1.82) is 0 Å². The van der Waals surface area contributed by atoms with E-state index < -0.39 is 24.0 Å². The van der Waals surface area contributed by atoms with Crippen molar-refractivity contribution in [3.63, 3.8) is 0 Å². The molecule has 0 spiro atoms. The first-order chi connectivity index (χ1) is 11.2. The molecule has 2 aliphatic heterocycles. The van der Waals surface area contributed by atoms with Crippen LogP contribution in [0.25, 0.3) is 0 Å². The van der Waals surface area contributed by atoms with E-state index in [1.54, 1.807) is 4.90 Å². The Hall–Kier alpha value is -2.02. The van der Waals surface area contributed by atoms with E-state index in [0.717, 1.165) is 5.57 Å². The average molecular weight is 338 g/mol. The molecule has 0 N–H and O–H groups in total. The fourth-order valence-corrected chi connectivity index (χ4v) is 2.82. The van der Waals surface area contributed by atoms with Crippen LogP contribution in [0.5, 0.6) is 0 Å². The molecule has 24 heavy (non-hydrogen) atoms. The van der Waals surface area contributed by atoms with Gasteiger partial charge in [0, 0.05) is 6.54 Å². The van der Waals surface area contributed by atoms with E-state index in [4.69, 9.17) is 14.2 Å². The Kier molecular flexibility index (Phi) is 5.54. The van der Waals surface area contributed by atoms with Gasteiger partial charge >= 0.3 is 12.2 Å². The molecule has 2 atom stereocenters. The third-order valence-corrected chi connectivity index (χ3v) is 3.74. The molecule has 7 nitrogen and oxygen atoms in total. The summed E-state index contributed by atoms with van der Waals surface area (Å²) in [6.07, 6.45) is 0.609. The molecular formula is C17H26N2O5. The molecule has 134 valence electrons. The van der Waals surface area contributed by atoms with Gasteiger partial charge in [0.1, 0.15) is 12.2 Å². The standard InChI is InChI=1S/C17H26N2O5/c1-6-8-23-15(20)18-7-9-22-14(18)13-10-12(2)11-19(13)16(21)24-17(3,4)5/h6,13-14H,1-2,7-11H2,3-5H3/t13-,14?/m0/s1. The van der Waals surface area contributed by atoms with E-state index in [1.165, 1.54) is 11.0 Å². The van der Waals surface area contributed by atoms with Gasteiger partial charge < -0.3 is 14.2 Å². The van der Waals surface area contributed by atoms with Gasteiger partial charge in [0.05, 0.1) is 19.2 Å². The summed E-state index contributed by atoms with van der Waals surface area (Å²) < 4.78 is 16.3. The van der Waals surface area contributed by atoms with Crippen LogP contribution in [-0.4, -0.2) is 66.2 Å². The number of carbonyl (C=O) groups excluding carboxylic acids is 2. The summed E-state index contributed by atoms with van der Waals surface area (Å²) in [5.41, 5.74) is 0.311. The van der Waals surface area contributed by atoms with Crippen molar-refractivity contribution in [2.45, 2.75) is 45.1 Å². The van der Waals surface area contributed by atoms with Crippen LogP contribution in [-0.2, 0) is 14.2 Å². The summed E-state index contributed by atoms with van der Waals surface area (Å²) in [6, 6.07) is -0.328. The zero-order chi connectivity index (χ0) is 17.9. The summed E-state index contributed by atoms with van der Waals surface area (Å²) in [4.78, 5) is 27.7. The minimum Gasteiger partial charge on any atom is -0.445 e. The molecular weight excluding hydrogens is 312 g/mol. The van der Waals surface area contributed by atoms with Crippen molar-refractivity contribution in [1.82, 2.24) is 9.80 Å². The van der Waals surface area contributed by atoms with E-state index in [-0.39, 0.29) is 12.6 Å². The Morgan fingerprint density at radius 2 is 2.04 bits per heavy atom. The van der Waals surface area contributed by atoms with Crippen LogP contribution in [0.1, 0.15) is 27.2 Å². The molecule has 2 heterocycles. The molecule has 0 aromatic heterocycles. The minimum absolute atomic E-state index is 0.134. The second-order valence-electron chi connectivity index (χ2n) is 6.95. The van der Waals surface area contributed by atoms with Crippen molar-refractivity contribution < 1.29 is 23.8 Å². The molecule has 2 fully saturated rings. The maximum Gasteiger partial charge on any atom is 0.412 e. The van der Waals surface area contributed by atoms with Crippen LogP contribution in [0.15, 0.2) is 24.8 Å². The summed E-state index contributed by atoms with van der Waals surface area (Å²) in [6.45, 7) is 14.3. The lowest BCUT2D eigenvalue weighted by molar-refractivity contribution is -0.0347. The van der Waals surface area contributed by atoms with Gasteiger partial charge in [-0.25, -0.2) is 9.59 Å². The molecule has 2 saturated heterocycles. The summed E-state index contributed by atoms with van der Waals surface area (Å²) >= 11 is 0. The zero-order valence-electron chi connectivity index (χ0n) is 14.6. The maximum atomic E-state index is 12.5. The molecule has 7 heteroatoms. The Balaban J connectivity index is 2.11. The van der Waals surface area contributed by atoms with Crippen LogP contribution in [0.4, 0.5) is 9.59 Å². The second-order valence-corrected chi connectivity index (χ2v) is 6.95. The first kappa shape index (κ1) is 18.3. The van der Waals surface area contributed by atoms with Gasteiger partial charge in [-0.05, 0) is 27.2 Å². The number of carbonyl (C=O) groups is 2.